The Morgan fingerprint density at radius 2 is 2.17 bits per heavy atom. The van der Waals surface area contributed by atoms with Gasteiger partial charge in [0, 0.05) is 31.1 Å². The van der Waals surface area contributed by atoms with Crippen LogP contribution in [-0.4, -0.2) is 24.1 Å². The molecule has 1 aliphatic rings. The zero-order valence-electron chi connectivity index (χ0n) is 10.1. The maximum absolute atomic E-state index is 13.0. The van der Waals surface area contributed by atoms with Gasteiger partial charge in [-0.15, -0.1) is 0 Å². The Bertz CT molecular complexity index is 433. The molecule has 0 heterocycles. The number of phenolic OH excluding ortho intramolecular Hbond substituents is 1. The van der Waals surface area contributed by atoms with Gasteiger partial charge in [0.05, 0.1) is 0 Å². The molecule has 1 amide bonds. The number of halogens is 1. The summed E-state index contributed by atoms with van der Waals surface area (Å²) in [6.07, 6.45) is 1.99. The highest BCUT2D eigenvalue weighted by Gasteiger charge is 2.28. The number of carbonyl (C=O) groups excluding carboxylic acids is 1. The van der Waals surface area contributed by atoms with Gasteiger partial charge in [0.2, 0.25) is 5.91 Å². The molecule has 0 saturated heterocycles. The summed E-state index contributed by atoms with van der Waals surface area (Å²) in [5.41, 5.74) is 0.517. The predicted molar refractivity (Wildman–Crippen MR) is 65.5 cm³/mol. The fourth-order valence-electron chi connectivity index (χ4n) is 1.69. The van der Waals surface area contributed by atoms with Crippen LogP contribution in [0.1, 0.15) is 18.4 Å². The van der Waals surface area contributed by atoms with E-state index < -0.39 is 5.82 Å². The lowest BCUT2D eigenvalue weighted by molar-refractivity contribution is -0.122. The highest BCUT2D eigenvalue weighted by atomic mass is 19.1. The molecular weight excluding hydrogens is 235 g/mol. The zero-order valence-corrected chi connectivity index (χ0v) is 10.1. The van der Waals surface area contributed by atoms with E-state index in [4.69, 9.17) is 0 Å². The Kier molecular flexibility index (Phi) is 4.15. The number of phenols is 1. The van der Waals surface area contributed by atoms with Crippen LogP contribution in [0, 0.1) is 11.7 Å². The van der Waals surface area contributed by atoms with Crippen molar-refractivity contribution in [3.63, 3.8) is 0 Å². The number of rotatable bonds is 6. The van der Waals surface area contributed by atoms with E-state index in [1.54, 1.807) is 12.1 Å². The predicted octanol–water partition coefficient (Wildman–Crippen LogP) is 1.15. The fraction of sp³-hybridized carbons (Fsp3) is 0.462. The third kappa shape index (κ3) is 3.43. The number of benzene rings is 1. The zero-order chi connectivity index (χ0) is 13.0. The van der Waals surface area contributed by atoms with Gasteiger partial charge in [0.25, 0.3) is 0 Å². The van der Waals surface area contributed by atoms with Crippen LogP contribution in [0.15, 0.2) is 18.2 Å². The highest BCUT2D eigenvalue weighted by molar-refractivity contribution is 5.80. The SMILES string of the molecule is O=C(NCCNCc1cccc(F)c1O)C1CC1. The highest BCUT2D eigenvalue weighted by Crippen LogP contribution is 2.28. The molecule has 0 radical (unpaired) electrons. The number of carbonyl (C=O) groups is 1. The number of amides is 1. The Balaban J connectivity index is 1.65. The van der Waals surface area contributed by atoms with E-state index in [0.29, 0.717) is 25.2 Å². The summed E-state index contributed by atoms with van der Waals surface area (Å²) in [5, 5.41) is 15.3. The van der Waals surface area contributed by atoms with Crippen molar-refractivity contribution in [2.45, 2.75) is 19.4 Å². The second-order valence-corrected chi connectivity index (χ2v) is 4.49. The molecule has 0 aromatic heterocycles. The van der Waals surface area contributed by atoms with Crippen LogP contribution < -0.4 is 10.6 Å². The Hall–Kier alpha value is -1.62. The minimum Gasteiger partial charge on any atom is -0.505 e. The largest absolute Gasteiger partial charge is 0.505 e. The summed E-state index contributed by atoms with van der Waals surface area (Å²) < 4.78 is 13.0. The molecule has 98 valence electrons. The molecule has 18 heavy (non-hydrogen) atoms. The summed E-state index contributed by atoms with van der Waals surface area (Å²) in [5.74, 6) is -0.592. The molecule has 1 aromatic carbocycles. The summed E-state index contributed by atoms with van der Waals surface area (Å²) >= 11 is 0. The van der Waals surface area contributed by atoms with Gasteiger partial charge in [0.1, 0.15) is 0 Å². The maximum Gasteiger partial charge on any atom is 0.223 e. The van der Waals surface area contributed by atoms with Gasteiger partial charge in [-0.2, -0.15) is 0 Å². The van der Waals surface area contributed by atoms with E-state index in [2.05, 4.69) is 10.6 Å². The van der Waals surface area contributed by atoms with Crippen molar-refractivity contribution in [1.29, 1.82) is 0 Å². The molecule has 0 bridgehead atoms. The summed E-state index contributed by atoms with van der Waals surface area (Å²) in [6.45, 7) is 1.52. The van der Waals surface area contributed by atoms with E-state index in [9.17, 15) is 14.3 Å². The second-order valence-electron chi connectivity index (χ2n) is 4.49. The Labute approximate surface area is 105 Å². The lowest BCUT2D eigenvalue weighted by Crippen LogP contribution is -2.32. The number of para-hydroxylation sites is 1. The lowest BCUT2D eigenvalue weighted by atomic mass is 10.2. The van der Waals surface area contributed by atoms with Crippen LogP contribution in [0.5, 0.6) is 5.75 Å². The molecule has 0 atom stereocenters. The van der Waals surface area contributed by atoms with Crippen molar-refractivity contribution in [2.24, 2.45) is 5.92 Å². The van der Waals surface area contributed by atoms with E-state index in [0.717, 1.165) is 12.8 Å². The van der Waals surface area contributed by atoms with Crippen LogP contribution in [0.4, 0.5) is 4.39 Å². The van der Waals surface area contributed by atoms with Crippen molar-refractivity contribution in [3.05, 3.63) is 29.6 Å². The quantitative estimate of drug-likeness (QED) is 0.665. The average molecular weight is 252 g/mol. The molecule has 1 fully saturated rings. The molecule has 4 nitrogen and oxygen atoms in total. The van der Waals surface area contributed by atoms with Gasteiger partial charge >= 0.3 is 0 Å². The molecular formula is C13H17FN2O2. The Morgan fingerprint density at radius 3 is 2.89 bits per heavy atom. The lowest BCUT2D eigenvalue weighted by Gasteiger charge is -2.08. The van der Waals surface area contributed by atoms with Crippen molar-refractivity contribution in [1.82, 2.24) is 10.6 Å². The first kappa shape index (κ1) is 12.8. The second kappa shape index (κ2) is 5.82. The van der Waals surface area contributed by atoms with E-state index in [-0.39, 0.29) is 17.6 Å². The standard InChI is InChI=1S/C13H17FN2O2/c14-11-3-1-2-10(12(11)17)8-15-6-7-16-13(18)9-4-5-9/h1-3,9,15,17H,4-8H2,(H,16,18). The first-order valence-corrected chi connectivity index (χ1v) is 6.13. The fourth-order valence-corrected chi connectivity index (χ4v) is 1.69. The monoisotopic (exact) mass is 252 g/mol. The average Bonchev–Trinajstić information content (AvgIpc) is 3.18. The Morgan fingerprint density at radius 1 is 1.39 bits per heavy atom. The van der Waals surface area contributed by atoms with Crippen LogP contribution in [0.3, 0.4) is 0 Å². The van der Waals surface area contributed by atoms with Gasteiger partial charge in [-0.05, 0) is 18.9 Å². The summed E-state index contributed by atoms with van der Waals surface area (Å²) in [6, 6.07) is 4.43. The molecule has 0 spiro atoms. The van der Waals surface area contributed by atoms with Gasteiger partial charge in [-0.1, -0.05) is 12.1 Å². The molecule has 5 heteroatoms. The normalized spacial score (nSPS) is 14.5. The molecule has 1 aromatic rings. The molecule has 2 rings (SSSR count). The number of hydrogen-bond donors (Lipinski definition) is 3. The van der Waals surface area contributed by atoms with Gasteiger partial charge in [-0.25, -0.2) is 4.39 Å². The third-order valence-corrected chi connectivity index (χ3v) is 2.93. The van der Waals surface area contributed by atoms with Crippen LogP contribution >= 0.6 is 0 Å². The summed E-state index contributed by atoms with van der Waals surface area (Å²) in [7, 11) is 0. The number of nitrogens with one attached hydrogen (secondary N) is 2. The third-order valence-electron chi connectivity index (χ3n) is 2.93. The molecule has 0 unspecified atom stereocenters. The molecule has 1 saturated carbocycles. The van der Waals surface area contributed by atoms with Gasteiger partial charge in [-0.3, -0.25) is 4.79 Å². The van der Waals surface area contributed by atoms with Crippen molar-refractivity contribution in [2.75, 3.05) is 13.1 Å². The van der Waals surface area contributed by atoms with E-state index >= 15 is 0 Å². The number of hydrogen-bond acceptors (Lipinski definition) is 3. The van der Waals surface area contributed by atoms with Crippen molar-refractivity contribution >= 4 is 5.91 Å². The van der Waals surface area contributed by atoms with E-state index in [1.165, 1.54) is 6.07 Å². The first-order valence-electron chi connectivity index (χ1n) is 6.13. The van der Waals surface area contributed by atoms with Crippen molar-refractivity contribution in [3.8, 4) is 5.75 Å². The first-order chi connectivity index (χ1) is 8.68. The maximum atomic E-state index is 13.0. The van der Waals surface area contributed by atoms with Crippen LogP contribution in [-0.2, 0) is 11.3 Å². The molecule has 0 aliphatic heterocycles. The van der Waals surface area contributed by atoms with Gasteiger partial charge < -0.3 is 15.7 Å². The van der Waals surface area contributed by atoms with Crippen LogP contribution in [0.25, 0.3) is 0 Å². The minimum atomic E-state index is -0.615. The van der Waals surface area contributed by atoms with Gasteiger partial charge in [0.15, 0.2) is 11.6 Å². The molecule has 3 N–H and O–H groups in total. The minimum absolute atomic E-state index is 0.116. The summed E-state index contributed by atoms with van der Waals surface area (Å²) in [4.78, 5) is 11.3. The van der Waals surface area contributed by atoms with Crippen LogP contribution in [0.2, 0.25) is 0 Å². The number of aromatic hydroxyl groups is 1. The molecule has 1 aliphatic carbocycles. The van der Waals surface area contributed by atoms with E-state index in [1.807, 2.05) is 0 Å². The topological polar surface area (TPSA) is 61.4 Å². The smallest absolute Gasteiger partial charge is 0.223 e. The van der Waals surface area contributed by atoms with Crippen molar-refractivity contribution < 1.29 is 14.3 Å².